The summed E-state index contributed by atoms with van der Waals surface area (Å²) in [4.78, 5) is 4.21. The lowest BCUT2D eigenvalue weighted by Gasteiger charge is -1.95. The van der Waals surface area contributed by atoms with Crippen LogP contribution in [-0.2, 0) is 0 Å². The van der Waals surface area contributed by atoms with Crippen molar-refractivity contribution in [2.24, 2.45) is 0 Å². The molecular weight excluding hydrogens is 138 g/mol. The van der Waals surface area contributed by atoms with E-state index in [1.165, 1.54) is 12.8 Å². The Morgan fingerprint density at radius 1 is 1.55 bits per heavy atom. The average molecular weight is 151 g/mol. The molecule has 0 aromatic carbocycles. The van der Waals surface area contributed by atoms with Gasteiger partial charge in [0.05, 0.1) is 6.20 Å². The third-order valence-electron chi connectivity index (χ3n) is 2.02. The number of hydrogen-bond acceptors (Lipinski definition) is 2. The van der Waals surface area contributed by atoms with Crippen LogP contribution in [0.1, 0.15) is 50.2 Å². The summed E-state index contributed by atoms with van der Waals surface area (Å²) in [6, 6.07) is 0. The van der Waals surface area contributed by atoms with E-state index in [1.54, 1.807) is 0 Å². The van der Waals surface area contributed by atoms with E-state index in [9.17, 15) is 0 Å². The van der Waals surface area contributed by atoms with Crippen molar-refractivity contribution < 1.29 is 4.42 Å². The summed E-state index contributed by atoms with van der Waals surface area (Å²) in [6.07, 6.45) is 4.45. The minimum atomic E-state index is 0.419. The van der Waals surface area contributed by atoms with E-state index in [0.29, 0.717) is 11.8 Å². The molecule has 2 nitrogen and oxygen atoms in total. The fourth-order valence-electron chi connectivity index (χ4n) is 1.12. The van der Waals surface area contributed by atoms with E-state index < -0.39 is 0 Å². The molecule has 11 heavy (non-hydrogen) atoms. The fourth-order valence-corrected chi connectivity index (χ4v) is 1.12. The van der Waals surface area contributed by atoms with Crippen molar-refractivity contribution in [2.75, 3.05) is 0 Å². The molecule has 0 aliphatic heterocycles. The molecule has 1 fully saturated rings. The Kier molecular flexibility index (Phi) is 1.48. The van der Waals surface area contributed by atoms with E-state index in [4.69, 9.17) is 4.42 Å². The summed E-state index contributed by atoms with van der Waals surface area (Å²) in [5.41, 5.74) is 0. The van der Waals surface area contributed by atoms with Crippen molar-refractivity contribution in [1.29, 1.82) is 0 Å². The Balaban J connectivity index is 2.18. The number of oxazole rings is 1. The summed E-state index contributed by atoms with van der Waals surface area (Å²) >= 11 is 0. The first-order valence-electron chi connectivity index (χ1n) is 4.23. The highest BCUT2D eigenvalue weighted by Crippen LogP contribution is 2.40. The molecule has 0 amide bonds. The number of aromatic nitrogens is 1. The highest BCUT2D eigenvalue weighted by molar-refractivity contribution is 5.09. The molecule has 2 heteroatoms. The van der Waals surface area contributed by atoms with Crippen LogP contribution in [0.15, 0.2) is 10.6 Å². The van der Waals surface area contributed by atoms with Crippen molar-refractivity contribution in [3.63, 3.8) is 0 Å². The fraction of sp³-hybridized carbons (Fsp3) is 0.667. The Bertz CT molecular complexity index is 231. The van der Waals surface area contributed by atoms with Gasteiger partial charge in [0.25, 0.3) is 0 Å². The molecule has 1 heterocycles. The second-order valence-corrected chi connectivity index (χ2v) is 3.53. The van der Waals surface area contributed by atoms with Gasteiger partial charge in [0, 0.05) is 11.8 Å². The van der Waals surface area contributed by atoms with Crippen molar-refractivity contribution in [3.8, 4) is 0 Å². The molecular formula is C9H13NO. The first kappa shape index (κ1) is 6.89. The van der Waals surface area contributed by atoms with Crippen LogP contribution >= 0.6 is 0 Å². The third-order valence-corrected chi connectivity index (χ3v) is 2.02. The Morgan fingerprint density at radius 2 is 2.27 bits per heavy atom. The predicted octanol–water partition coefficient (Wildman–Crippen LogP) is 2.68. The van der Waals surface area contributed by atoms with Crippen molar-refractivity contribution >= 4 is 0 Å². The molecule has 1 aliphatic carbocycles. The SMILES string of the molecule is CC(C)c1ncc(C2CC2)o1. The first-order chi connectivity index (χ1) is 5.27. The summed E-state index contributed by atoms with van der Waals surface area (Å²) in [5.74, 6) is 3.08. The van der Waals surface area contributed by atoms with Crippen LogP contribution in [0.2, 0.25) is 0 Å². The van der Waals surface area contributed by atoms with Crippen LogP contribution < -0.4 is 0 Å². The van der Waals surface area contributed by atoms with Gasteiger partial charge in [-0.05, 0) is 12.8 Å². The molecule has 0 bridgehead atoms. The first-order valence-corrected chi connectivity index (χ1v) is 4.23. The third kappa shape index (κ3) is 1.30. The monoisotopic (exact) mass is 151 g/mol. The zero-order valence-corrected chi connectivity index (χ0v) is 7.00. The molecule has 0 spiro atoms. The minimum absolute atomic E-state index is 0.419. The molecule has 2 rings (SSSR count). The van der Waals surface area contributed by atoms with Gasteiger partial charge in [-0.25, -0.2) is 4.98 Å². The Hall–Kier alpha value is -0.790. The highest BCUT2D eigenvalue weighted by atomic mass is 16.4. The lowest BCUT2D eigenvalue weighted by molar-refractivity contribution is 0.437. The maximum Gasteiger partial charge on any atom is 0.196 e. The Labute approximate surface area is 66.6 Å². The van der Waals surface area contributed by atoms with E-state index >= 15 is 0 Å². The molecule has 0 unspecified atom stereocenters. The van der Waals surface area contributed by atoms with Crippen molar-refractivity contribution in [2.45, 2.75) is 38.5 Å². The largest absolute Gasteiger partial charge is 0.445 e. The van der Waals surface area contributed by atoms with E-state index in [-0.39, 0.29) is 0 Å². The number of nitrogens with zero attached hydrogens (tertiary/aromatic N) is 1. The van der Waals surface area contributed by atoms with E-state index in [0.717, 1.165) is 11.7 Å². The number of rotatable bonds is 2. The van der Waals surface area contributed by atoms with E-state index in [2.05, 4.69) is 18.8 Å². The second-order valence-electron chi connectivity index (χ2n) is 3.53. The molecule has 1 saturated carbocycles. The zero-order chi connectivity index (χ0) is 7.84. The van der Waals surface area contributed by atoms with Crippen molar-refractivity contribution in [3.05, 3.63) is 17.8 Å². The topological polar surface area (TPSA) is 26.0 Å². The lowest BCUT2D eigenvalue weighted by Crippen LogP contribution is -1.84. The smallest absolute Gasteiger partial charge is 0.196 e. The predicted molar refractivity (Wildman–Crippen MR) is 42.6 cm³/mol. The maximum atomic E-state index is 5.56. The van der Waals surface area contributed by atoms with Gasteiger partial charge in [-0.15, -0.1) is 0 Å². The standard InChI is InChI=1S/C9H13NO/c1-6(2)9-10-5-8(11-9)7-3-4-7/h5-7H,3-4H2,1-2H3. The van der Waals surface area contributed by atoms with Crippen LogP contribution in [0.3, 0.4) is 0 Å². The molecule has 0 radical (unpaired) electrons. The summed E-state index contributed by atoms with van der Waals surface area (Å²) in [5, 5.41) is 0. The second kappa shape index (κ2) is 2.36. The van der Waals surface area contributed by atoms with Crippen LogP contribution in [0.4, 0.5) is 0 Å². The molecule has 1 aromatic rings. The normalized spacial score (nSPS) is 17.7. The van der Waals surface area contributed by atoms with Gasteiger partial charge in [-0.1, -0.05) is 13.8 Å². The van der Waals surface area contributed by atoms with Gasteiger partial charge in [0.15, 0.2) is 5.89 Å². The zero-order valence-electron chi connectivity index (χ0n) is 7.00. The van der Waals surface area contributed by atoms with Gasteiger partial charge in [-0.3, -0.25) is 0 Å². The summed E-state index contributed by atoms with van der Waals surface area (Å²) in [7, 11) is 0. The summed E-state index contributed by atoms with van der Waals surface area (Å²) < 4.78 is 5.56. The van der Waals surface area contributed by atoms with E-state index in [1.807, 2.05) is 6.20 Å². The molecule has 0 atom stereocenters. The average Bonchev–Trinajstić information content (AvgIpc) is 2.68. The van der Waals surface area contributed by atoms with Gasteiger partial charge < -0.3 is 4.42 Å². The highest BCUT2D eigenvalue weighted by Gasteiger charge is 2.27. The van der Waals surface area contributed by atoms with Crippen LogP contribution in [0.25, 0.3) is 0 Å². The molecule has 0 saturated heterocycles. The van der Waals surface area contributed by atoms with Gasteiger partial charge >= 0.3 is 0 Å². The van der Waals surface area contributed by atoms with Gasteiger partial charge in [0.2, 0.25) is 0 Å². The van der Waals surface area contributed by atoms with Crippen LogP contribution in [-0.4, -0.2) is 4.98 Å². The summed E-state index contributed by atoms with van der Waals surface area (Å²) in [6.45, 7) is 4.20. The molecule has 60 valence electrons. The van der Waals surface area contributed by atoms with Gasteiger partial charge in [-0.2, -0.15) is 0 Å². The lowest BCUT2D eigenvalue weighted by atomic mass is 10.2. The van der Waals surface area contributed by atoms with Crippen LogP contribution in [0, 0.1) is 0 Å². The van der Waals surface area contributed by atoms with Crippen molar-refractivity contribution in [1.82, 2.24) is 4.98 Å². The van der Waals surface area contributed by atoms with Gasteiger partial charge in [0.1, 0.15) is 5.76 Å². The molecule has 1 aromatic heterocycles. The quantitative estimate of drug-likeness (QED) is 0.649. The molecule has 0 N–H and O–H groups in total. The number of hydrogen-bond donors (Lipinski definition) is 0. The molecule has 1 aliphatic rings. The minimum Gasteiger partial charge on any atom is -0.445 e. The van der Waals surface area contributed by atoms with Crippen LogP contribution in [0.5, 0.6) is 0 Å². The Morgan fingerprint density at radius 3 is 2.73 bits per heavy atom. The maximum absolute atomic E-state index is 5.56.